The van der Waals surface area contributed by atoms with Gasteiger partial charge in [-0.05, 0) is 73.7 Å². The second-order valence-corrected chi connectivity index (χ2v) is 7.61. The van der Waals surface area contributed by atoms with Gasteiger partial charge in [-0.1, -0.05) is 0 Å². The Labute approximate surface area is 205 Å². The van der Waals surface area contributed by atoms with Crippen molar-refractivity contribution in [2.24, 2.45) is 0 Å². The third kappa shape index (κ3) is 6.09. The molecule has 4 rings (SSSR count). The minimum Gasteiger partial charge on any atom is -0.494 e. The number of aromatic nitrogens is 1. The molecule has 0 radical (unpaired) electrons. The number of benzene rings is 3. The van der Waals surface area contributed by atoms with Crippen LogP contribution in [0.2, 0.25) is 0 Å². The molecule has 1 aromatic heterocycles. The highest BCUT2D eigenvalue weighted by Gasteiger charge is 2.11. The summed E-state index contributed by atoms with van der Waals surface area (Å²) in [6.45, 7) is 2.20. The molecule has 0 bridgehead atoms. The van der Waals surface area contributed by atoms with Gasteiger partial charge in [-0.25, -0.2) is 4.98 Å². The molecule has 11 heteroatoms. The first-order valence-electron chi connectivity index (χ1n) is 10.5. The monoisotopic (exact) mass is 492 g/mol. The number of non-ortho nitro benzene ring substituents is 1. The van der Waals surface area contributed by atoms with Crippen LogP contribution < -0.4 is 20.1 Å². The maximum atomic E-state index is 12.1. The Morgan fingerprint density at radius 3 is 2.43 bits per heavy atom. The molecule has 2 N–H and O–H groups in total. The van der Waals surface area contributed by atoms with Gasteiger partial charge in [0.05, 0.1) is 11.5 Å². The number of nitro benzene ring substituents is 1. The van der Waals surface area contributed by atoms with E-state index in [1.54, 1.807) is 18.2 Å². The fourth-order valence-electron chi connectivity index (χ4n) is 3.13. The van der Waals surface area contributed by atoms with Gasteiger partial charge in [0.25, 0.3) is 11.6 Å². The van der Waals surface area contributed by atoms with Gasteiger partial charge in [0.15, 0.2) is 17.3 Å². The number of hydrogen-bond donors (Lipinski definition) is 2. The van der Waals surface area contributed by atoms with Crippen LogP contribution in [0.25, 0.3) is 22.6 Å². The Bertz CT molecular complexity index is 1370. The van der Waals surface area contributed by atoms with Crippen molar-refractivity contribution in [1.82, 2.24) is 10.3 Å². The fourth-order valence-corrected chi connectivity index (χ4v) is 3.36. The quantitative estimate of drug-likeness (QED) is 0.204. The van der Waals surface area contributed by atoms with Crippen LogP contribution in [0.5, 0.6) is 11.5 Å². The molecular formula is C24H20N4O6S. The highest BCUT2D eigenvalue weighted by molar-refractivity contribution is 7.80. The molecule has 4 aromatic rings. The third-order valence-electron chi connectivity index (χ3n) is 4.73. The average Bonchev–Trinajstić information content (AvgIpc) is 3.27. The number of fused-ring (bicyclic) bond motifs is 1. The lowest BCUT2D eigenvalue weighted by Crippen LogP contribution is -2.37. The van der Waals surface area contributed by atoms with E-state index in [4.69, 9.17) is 26.1 Å². The summed E-state index contributed by atoms with van der Waals surface area (Å²) in [5.41, 5.74) is 2.59. The molecule has 0 saturated heterocycles. The smallest absolute Gasteiger partial charge is 0.269 e. The maximum Gasteiger partial charge on any atom is 0.269 e. The summed E-state index contributed by atoms with van der Waals surface area (Å²) in [4.78, 5) is 26.8. The van der Waals surface area contributed by atoms with Gasteiger partial charge >= 0.3 is 0 Å². The van der Waals surface area contributed by atoms with Gasteiger partial charge in [0.2, 0.25) is 5.89 Å². The summed E-state index contributed by atoms with van der Waals surface area (Å²) in [5.74, 6) is 1.08. The largest absolute Gasteiger partial charge is 0.494 e. The molecule has 3 aromatic carbocycles. The van der Waals surface area contributed by atoms with Crippen LogP contribution in [-0.2, 0) is 4.79 Å². The summed E-state index contributed by atoms with van der Waals surface area (Å²) in [6.07, 6.45) is 0. The van der Waals surface area contributed by atoms with Crippen molar-refractivity contribution in [3.63, 3.8) is 0 Å². The Balaban J connectivity index is 1.33. The Morgan fingerprint density at radius 2 is 1.74 bits per heavy atom. The molecule has 0 saturated carbocycles. The van der Waals surface area contributed by atoms with E-state index in [2.05, 4.69) is 15.6 Å². The van der Waals surface area contributed by atoms with E-state index in [0.717, 1.165) is 11.3 Å². The lowest BCUT2D eigenvalue weighted by atomic mass is 10.2. The zero-order chi connectivity index (χ0) is 24.8. The molecule has 35 heavy (non-hydrogen) atoms. The Kier molecular flexibility index (Phi) is 7.17. The molecule has 10 nitrogen and oxygen atoms in total. The summed E-state index contributed by atoms with van der Waals surface area (Å²) < 4.78 is 16.6. The summed E-state index contributed by atoms with van der Waals surface area (Å²) in [6, 6.07) is 18.1. The van der Waals surface area contributed by atoms with Crippen LogP contribution in [0, 0.1) is 10.1 Å². The number of anilines is 1. The first kappa shape index (κ1) is 23.6. The number of carbonyl (C=O) groups excluding carboxylic acids is 1. The first-order chi connectivity index (χ1) is 16.9. The fraction of sp³-hybridized carbons (Fsp3) is 0.125. The molecule has 0 aliphatic carbocycles. The second kappa shape index (κ2) is 10.6. The lowest BCUT2D eigenvalue weighted by molar-refractivity contribution is -0.384. The Hall–Kier alpha value is -4.51. The van der Waals surface area contributed by atoms with Crippen LogP contribution in [0.4, 0.5) is 11.4 Å². The van der Waals surface area contributed by atoms with Crippen molar-refractivity contribution >= 4 is 45.7 Å². The molecule has 0 atom stereocenters. The predicted octanol–water partition coefficient (Wildman–Crippen LogP) is 4.69. The Morgan fingerprint density at radius 1 is 1.06 bits per heavy atom. The highest BCUT2D eigenvalue weighted by Crippen LogP contribution is 2.27. The number of nitrogens with zero attached hydrogens (tertiary/aromatic N) is 2. The number of rotatable bonds is 8. The van der Waals surface area contributed by atoms with E-state index in [1.807, 2.05) is 31.2 Å². The van der Waals surface area contributed by atoms with Crippen LogP contribution in [0.15, 0.2) is 71.1 Å². The molecule has 1 amide bonds. The van der Waals surface area contributed by atoms with Crippen molar-refractivity contribution in [1.29, 1.82) is 0 Å². The SMILES string of the molecule is CCOc1ccc(-c2nc3cc(NC(=S)NC(=O)COc4ccc([N+](=O)[O-])cc4)ccc3o2)cc1. The van der Waals surface area contributed by atoms with Crippen molar-refractivity contribution in [2.45, 2.75) is 6.92 Å². The summed E-state index contributed by atoms with van der Waals surface area (Å²) >= 11 is 5.20. The number of nitro groups is 1. The van der Waals surface area contributed by atoms with Crippen LogP contribution in [-0.4, -0.2) is 34.1 Å². The number of amides is 1. The predicted molar refractivity (Wildman–Crippen MR) is 134 cm³/mol. The topological polar surface area (TPSA) is 129 Å². The van der Waals surface area contributed by atoms with E-state index in [0.29, 0.717) is 35.0 Å². The zero-order valence-corrected chi connectivity index (χ0v) is 19.3. The maximum absolute atomic E-state index is 12.1. The van der Waals surface area contributed by atoms with Crippen LogP contribution >= 0.6 is 12.2 Å². The van der Waals surface area contributed by atoms with Gasteiger partial charge in [-0.2, -0.15) is 0 Å². The summed E-state index contributed by atoms with van der Waals surface area (Å²) in [7, 11) is 0. The van der Waals surface area contributed by atoms with Crippen molar-refractivity contribution < 1.29 is 23.6 Å². The van der Waals surface area contributed by atoms with Crippen molar-refractivity contribution in [3.8, 4) is 23.0 Å². The van der Waals surface area contributed by atoms with Gasteiger partial charge in [-0.15, -0.1) is 0 Å². The molecule has 0 unspecified atom stereocenters. The van der Waals surface area contributed by atoms with Gasteiger partial charge in [-0.3, -0.25) is 20.2 Å². The van der Waals surface area contributed by atoms with Gasteiger partial charge < -0.3 is 19.2 Å². The van der Waals surface area contributed by atoms with E-state index < -0.39 is 10.8 Å². The number of hydrogen-bond acceptors (Lipinski definition) is 8. The normalized spacial score (nSPS) is 10.5. The van der Waals surface area contributed by atoms with E-state index in [1.165, 1.54) is 24.3 Å². The van der Waals surface area contributed by atoms with E-state index in [-0.39, 0.29) is 17.4 Å². The van der Waals surface area contributed by atoms with Crippen LogP contribution in [0.1, 0.15) is 6.92 Å². The number of thiocarbonyl (C=S) groups is 1. The van der Waals surface area contributed by atoms with Gasteiger partial charge in [0, 0.05) is 23.4 Å². The molecule has 0 aliphatic heterocycles. The molecular weight excluding hydrogens is 472 g/mol. The molecule has 0 aliphatic rings. The number of nitrogens with one attached hydrogen (secondary N) is 2. The standard InChI is InChI=1S/C24H20N4O6S/c1-2-32-18-8-3-15(4-9-18)23-26-20-13-16(5-12-21(20)34-23)25-24(35)27-22(29)14-33-19-10-6-17(7-11-19)28(30)31/h3-13H,2,14H2,1H3,(H2,25,27,29,35). The zero-order valence-electron chi connectivity index (χ0n) is 18.5. The van der Waals surface area contributed by atoms with Crippen molar-refractivity contribution in [2.75, 3.05) is 18.5 Å². The van der Waals surface area contributed by atoms with Gasteiger partial charge in [0.1, 0.15) is 17.0 Å². The lowest BCUT2D eigenvalue weighted by Gasteiger charge is -2.10. The second-order valence-electron chi connectivity index (χ2n) is 7.20. The van der Waals surface area contributed by atoms with Crippen LogP contribution in [0.3, 0.4) is 0 Å². The molecule has 1 heterocycles. The average molecular weight is 493 g/mol. The number of carbonyl (C=O) groups is 1. The van der Waals surface area contributed by atoms with Crippen molar-refractivity contribution in [3.05, 3.63) is 76.8 Å². The minimum absolute atomic E-state index is 0.0668. The minimum atomic E-state index is -0.516. The third-order valence-corrected chi connectivity index (χ3v) is 4.93. The first-order valence-corrected chi connectivity index (χ1v) is 10.9. The van der Waals surface area contributed by atoms with E-state index >= 15 is 0 Å². The summed E-state index contributed by atoms with van der Waals surface area (Å²) in [5, 5.41) is 16.2. The number of oxazole rings is 1. The molecule has 0 spiro atoms. The number of ether oxygens (including phenoxy) is 2. The molecule has 0 fully saturated rings. The van der Waals surface area contributed by atoms with E-state index in [9.17, 15) is 14.9 Å². The molecule has 178 valence electrons. The highest BCUT2D eigenvalue weighted by atomic mass is 32.1.